The lowest BCUT2D eigenvalue weighted by Crippen LogP contribution is -1.97. The van der Waals surface area contributed by atoms with E-state index >= 15 is 0 Å². The van der Waals surface area contributed by atoms with Gasteiger partial charge in [-0.15, -0.1) is 0 Å². The van der Waals surface area contributed by atoms with Crippen LogP contribution in [-0.2, 0) is 0 Å². The third-order valence-electron chi connectivity index (χ3n) is 1.20. The van der Waals surface area contributed by atoms with Gasteiger partial charge in [0.05, 0.1) is 4.92 Å². The topological polar surface area (TPSA) is 43.1 Å². The van der Waals surface area contributed by atoms with Crippen molar-refractivity contribution in [2.75, 3.05) is 0 Å². The Morgan fingerprint density at radius 1 is 1.42 bits per heavy atom. The first-order valence-electron chi connectivity index (χ1n) is 2.82. The molecule has 0 N–H and O–H groups in total. The van der Waals surface area contributed by atoms with Gasteiger partial charge in [0, 0.05) is 3.57 Å². The van der Waals surface area contributed by atoms with Crippen LogP contribution < -0.4 is 0 Å². The van der Waals surface area contributed by atoms with Gasteiger partial charge in [-0.05, 0) is 57.3 Å². The van der Waals surface area contributed by atoms with Gasteiger partial charge in [-0.3, -0.25) is 10.1 Å². The Kier molecular flexibility index (Phi) is 3.21. The third kappa shape index (κ3) is 1.84. The Morgan fingerprint density at radius 2 is 2.00 bits per heavy atom. The normalized spacial score (nSPS) is 9.92. The van der Waals surface area contributed by atoms with Crippen molar-refractivity contribution in [1.29, 1.82) is 0 Å². The largest absolute Gasteiger partial charge is 0.319 e. The second-order valence-electron chi connectivity index (χ2n) is 1.95. The molecule has 1 rings (SSSR count). The van der Waals surface area contributed by atoms with Crippen LogP contribution in [0.3, 0.4) is 0 Å². The first-order chi connectivity index (χ1) is 5.54. The summed E-state index contributed by atoms with van der Waals surface area (Å²) in [5.41, 5.74) is -0.442. The Bertz CT molecular complexity index is 343. The van der Waals surface area contributed by atoms with E-state index in [4.69, 9.17) is 0 Å². The van der Waals surface area contributed by atoms with Gasteiger partial charge in [0.1, 0.15) is 3.57 Å². The van der Waals surface area contributed by atoms with Crippen molar-refractivity contribution in [3.05, 3.63) is 35.2 Å². The molecule has 12 heavy (non-hydrogen) atoms. The molecule has 1 aromatic rings. The quantitative estimate of drug-likeness (QED) is 0.319. The van der Waals surface area contributed by atoms with Crippen LogP contribution in [0, 0.1) is 23.1 Å². The van der Waals surface area contributed by atoms with Gasteiger partial charge in [0.15, 0.2) is 0 Å². The van der Waals surface area contributed by atoms with Crippen LogP contribution in [0.5, 0.6) is 0 Å². The second kappa shape index (κ2) is 3.81. The lowest BCUT2D eigenvalue weighted by molar-refractivity contribution is -0.388. The van der Waals surface area contributed by atoms with Crippen LogP contribution in [0.1, 0.15) is 0 Å². The van der Waals surface area contributed by atoms with Crippen LogP contribution in [0.25, 0.3) is 0 Å². The van der Waals surface area contributed by atoms with E-state index in [1.807, 2.05) is 22.6 Å². The molecule has 0 fully saturated rings. The molecule has 0 aliphatic carbocycles. The smallest absolute Gasteiger partial charge is 0.258 e. The highest BCUT2D eigenvalue weighted by Crippen LogP contribution is 2.28. The summed E-state index contributed by atoms with van der Waals surface area (Å²) in [5.74, 6) is -0.787. The average Bonchev–Trinajstić information content (AvgIpc) is 1.97. The van der Waals surface area contributed by atoms with Crippen LogP contribution in [-0.4, -0.2) is 4.92 Å². The fourth-order valence-corrected chi connectivity index (χ4v) is 1.75. The summed E-state index contributed by atoms with van der Waals surface area (Å²) in [6, 6.07) is 2.60. The number of rotatable bonds is 1. The van der Waals surface area contributed by atoms with Crippen LogP contribution in [0.2, 0.25) is 0 Å². The van der Waals surface area contributed by atoms with Crippen LogP contribution in [0.4, 0.5) is 10.1 Å². The molecular formula is C6H2FI2NO2. The number of nitro groups is 1. The number of hydrogen-bond donors (Lipinski definition) is 0. The predicted octanol–water partition coefficient (Wildman–Crippen LogP) is 2.94. The molecule has 0 aliphatic rings. The van der Waals surface area contributed by atoms with Crippen molar-refractivity contribution in [1.82, 2.24) is 0 Å². The molecule has 1 aromatic carbocycles. The fourth-order valence-electron chi connectivity index (χ4n) is 0.684. The summed E-state index contributed by atoms with van der Waals surface area (Å²) in [6.45, 7) is 0. The molecule has 0 saturated heterocycles. The molecule has 0 atom stereocenters. The summed E-state index contributed by atoms with van der Waals surface area (Å²) >= 11 is 3.68. The summed E-state index contributed by atoms with van der Waals surface area (Å²) in [4.78, 5) is 9.64. The number of nitrogens with zero attached hydrogens (tertiary/aromatic N) is 1. The molecule has 0 bridgehead atoms. The minimum absolute atomic E-state index is 0.346. The maximum absolute atomic E-state index is 12.8. The van der Waals surface area contributed by atoms with E-state index in [1.54, 1.807) is 22.6 Å². The van der Waals surface area contributed by atoms with Gasteiger partial charge in [0.25, 0.3) is 0 Å². The molecule has 0 aliphatic heterocycles. The molecule has 0 unspecified atom stereocenters. The Labute approximate surface area is 94.8 Å². The predicted molar refractivity (Wildman–Crippen MR) is 58.5 cm³/mol. The van der Waals surface area contributed by atoms with Gasteiger partial charge in [0.2, 0.25) is 5.82 Å². The zero-order valence-corrected chi connectivity index (χ0v) is 9.87. The molecule has 0 saturated carbocycles. The molecular weight excluding hydrogens is 391 g/mol. The fraction of sp³-hybridized carbons (Fsp3) is 0. The van der Waals surface area contributed by atoms with E-state index in [-0.39, 0.29) is 0 Å². The van der Waals surface area contributed by atoms with Gasteiger partial charge >= 0.3 is 5.69 Å². The maximum Gasteiger partial charge on any atom is 0.319 e. The van der Waals surface area contributed by atoms with Gasteiger partial charge in [-0.25, -0.2) is 0 Å². The Balaban J connectivity index is 3.43. The number of hydrogen-bond acceptors (Lipinski definition) is 2. The third-order valence-corrected chi connectivity index (χ3v) is 4.23. The van der Waals surface area contributed by atoms with Gasteiger partial charge in [-0.2, -0.15) is 4.39 Å². The minimum Gasteiger partial charge on any atom is -0.258 e. The van der Waals surface area contributed by atoms with Crippen LogP contribution in [0.15, 0.2) is 12.1 Å². The molecule has 3 nitrogen and oxygen atoms in total. The zero-order chi connectivity index (χ0) is 9.30. The monoisotopic (exact) mass is 393 g/mol. The molecule has 0 amide bonds. The highest BCUT2D eigenvalue weighted by Gasteiger charge is 2.20. The zero-order valence-electron chi connectivity index (χ0n) is 5.55. The summed E-state index contributed by atoms with van der Waals surface area (Å²) in [5, 5.41) is 10.4. The van der Waals surface area contributed by atoms with E-state index in [0.717, 1.165) is 6.07 Å². The SMILES string of the molecule is O=[N+]([O-])c1c(F)ccc(I)c1I. The van der Waals surface area contributed by atoms with Crippen molar-refractivity contribution in [3.8, 4) is 0 Å². The highest BCUT2D eigenvalue weighted by atomic mass is 127. The van der Waals surface area contributed by atoms with Crippen LogP contribution >= 0.6 is 45.2 Å². The molecule has 64 valence electrons. The molecule has 0 aromatic heterocycles. The van der Waals surface area contributed by atoms with Crippen molar-refractivity contribution < 1.29 is 9.31 Å². The van der Waals surface area contributed by atoms with Crippen molar-refractivity contribution in [2.45, 2.75) is 0 Å². The molecule has 0 spiro atoms. The number of halogens is 3. The minimum atomic E-state index is -0.787. The number of nitro benzene ring substituents is 1. The summed E-state index contributed by atoms with van der Waals surface area (Å²) in [6.07, 6.45) is 0. The summed E-state index contributed by atoms with van der Waals surface area (Å²) < 4.78 is 13.9. The standard InChI is InChI=1S/C6H2FI2NO2/c7-3-1-2-4(8)5(9)6(3)10(11)12/h1-2H. The van der Waals surface area contributed by atoms with Crippen molar-refractivity contribution in [2.24, 2.45) is 0 Å². The Morgan fingerprint density at radius 3 is 2.42 bits per heavy atom. The van der Waals surface area contributed by atoms with Gasteiger partial charge < -0.3 is 0 Å². The maximum atomic E-state index is 12.8. The highest BCUT2D eigenvalue weighted by molar-refractivity contribution is 14.1. The number of benzene rings is 1. The van der Waals surface area contributed by atoms with E-state index in [9.17, 15) is 14.5 Å². The lowest BCUT2D eigenvalue weighted by Gasteiger charge is -1.98. The van der Waals surface area contributed by atoms with E-state index in [2.05, 4.69) is 0 Å². The lowest BCUT2D eigenvalue weighted by atomic mass is 10.3. The van der Waals surface area contributed by atoms with E-state index < -0.39 is 16.4 Å². The van der Waals surface area contributed by atoms with Crippen molar-refractivity contribution in [3.63, 3.8) is 0 Å². The summed E-state index contributed by atoms with van der Waals surface area (Å²) in [7, 11) is 0. The first kappa shape index (κ1) is 10.1. The first-order valence-corrected chi connectivity index (χ1v) is 4.97. The second-order valence-corrected chi connectivity index (χ2v) is 4.19. The van der Waals surface area contributed by atoms with Gasteiger partial charge in [-0.1, -0.05) is 0 Å². The Hall–Kier alpha value is 0.0100. The molecule has 6 heteroatoms. The van der Waals surface area contributed by atoms with Crippen molar-refractivity contribution >= 4 is 50.9 Å². The van der Waals surface area contributed by atoms with E-state index in [0.29, 0.717) is 7.14 Å². The molecule has 0 heterocycles. The van der Waals surface area contributed by atoms with E-state index in [1.165, 1.54) is 6.07 Å². The molecule has 0 radical (unpaired) electrons. The average molecular weight is 393 g/mol.